The van der Waals surface area contributed by atoms with E-state index < -0.39 is 43.1 Å². The summed E-state index contributed by atoms with van der Waals surface area (Å²) in [5.41, 5.74) is -0.923. The molecule has 172 valence electrons. The van der Waals surface area contributed by atoms with Crippen molar-refractivity contribution in [2.75, 3.05) is 6.61 Å². The van der Waals surface area contributed by atoms with Gasteiger partial charge in [0.25, 0.3) is 5.56 Å². The third-order valence-corrected chi connectivity index (χ3v) is 4.15. The highest BCUT2D eigenvalue weighted by atomic mass is 19.4. The first kappa shape index (κ1) is 23.1. The summed E-state index contributed by atoms with van der Waals surface area (Å²) in [5.74, 6) is -1.48. The molecule has 8 nitrogen and oxygen atoms in total. The lowest BCUT2D eigenvalue weighted by Crippen LogP contribution is -2.25. The van der Waals surface area contributed by atoms with Gasteiger partial charge in [-0.3, -0.25) is 18.5 Å². The average Bonchev–Trinajstić information content (AvgIpc) is 3.02. The molecule has 0 aliphatic carbocycles. The molecule has 0 aliphatic heterocycles. The first-order valence-electron chi connectivity index (χ1n) is 8.87. The summed E-state index contributed by atoms with van der Waals surface area (Å²) in [6.07, 6.45) is -11.1. The summed E-state index contributed by atoms with van der Waals surface area (Å²) in [4.78, 5) is 28.3. The second kappa shape index (κ2) is 8.51. The maximum absolute atomic E-state index is 12.8. The zero-order valence-electron chi connectivity index (χ0n) is 16.2. The van der Waals surface area contributed by atoms with Gasteiger partial charge in [-0.05, 0) is 24.3 Å². The topological polar surface area (TPSA) is 92.2 Å². The number of nitrogens with zero attached hydrogens (tertiary/aromatic N) is 4. The van der Waals surface area contributed by atoms with Crippen LogP contribution in [-0.4, -0.2) is 38.2 Å². The van der Waals surface area contributed by atoms with E-state index in [9.17, 15) is 35.9 Å². The van der Waals surface area contributed by atoms with Crippen LogP contribution < -0.4 is 16.1 Å². The van der Waals surface area contributed by atoms with E-state index in [1.165, 1.54) is 19.2 Å². The average molecular weight is 464 g/mol. The van der Waals surface area contributed by atoms with Crippen LogP contribution in [0.2, 0.25) is 0 Å². The third kappa shape index (κ3) is 5.56. The molecule has 0 aliphatic rings. The predicted molar refractivity (Wildman–Crippen MR) is 96.5 cm³/mol. The summed E-state index contributed by atoms with van der Waals surface area (Å²) in [6, 6.07) is 5.63. The molecule has 0 radical (unpaired) electrons. The van der Waals surface area contributed by atoms with Gasteiger partial charge in [0.2, 0.25) is 5.82 Å². The Morgan fingerprint density at radius 3 is 2.22 bits per heavy atom. The maximum Gasteiger partial charge on any atom is 0.441 e. The Balaban J connectivity index is 2.03. The molecular weight excluding hydrogens is 450 g/mol. The molecular formula is C18H14F6N4O4. The Morgan fingerprint density at radius 2 is 1.69 bits per heavy atom. The lowest BCUT2D eigenvalue weighted by atomic mass is 10.2. The second-order valence-corrected chi connectivity index (χ2v) is 6.58. The number of aryl methyl sites for hydroxylation is 1. The third-order valence-electron chi connectivity index (χ3n) is 4.15. The smallest absolute Gasteiger partial charge is 0.441 e. The fraction of sp³-hybridized carbons (Fsp3) is 0.333. The van der Waals surface area contributed by atoms with E-state index >= 15 is 0 Å². The molecule has 0 saturated carbocycles. The number of alkyl halides is 6. The van der Waals surface area contributed by atoms with E-state index in [1.807, 2.05) is 0 Å². The molecule has 0 spiro atoms. The van der Waals surface area contributed by atoms with Gasteiger partial charge in [0.05, 0.1) is 12.1 Å². The Labute approximate surface area is 174 Å². The van der Waals surface area contributed by atoms with E-state index in [4.69, 9.17) is 0 Å². The summed E-state index contributed by atoms with van der Waals surface area (Å²) < 4.78 is 86.1. The van der Waals surface area contributed by atoms with Crippen LogP contribution in [0.4, 0.5) is 26.3 Å². The zero-order valence-corrected chi connectivity index (χ0v) is 16.2. The molecule has 3 rings (SSSR count). The van der Waals surface area contributed by atoms with Gasteiger partial charge in [-0.15, -0.1) is 0 Å². The maximum atomic E-state index is 12.8. The van der Waals surface area contributed by atoms with Gasteiger partial charge in [-0.25, -0.2) is 9.78 Å². The first-order valence-corrected chi connectivity index (χ1v) is 8.87. The van der Waals surface area contributed by atoms with Crippen molar-refractivity contribution in [1.82, 2.24) is 19.3 Å². The van der Waals surface area contributed by atoms with Gasteiger partial charge in [0.1, 0.15) is 17.3 Å². The summed E-state index contributed by atoms with van der Waals surface area (Å²) in [7, 11) is 1.27. The minimum absolute atomic E-state index is 0.0552. The summed E-state index contributed by atoms with van der Waals surface area (Å²) in [6.45, 7) is -1.53. The van der Waals surface area contributed by atoms with Crippen molar-refractivity contribution in [3.63, 3.8) is 0 Å². The molecule has 14 heteroatoms. The molecule has 2 heterocycles. The predicted octanol–water partition coefficient (Wildman–Crippen LogP) is 3.02. The van der Waals surface area contributed by atoms with Crippen molar-refractivity contribution < 1.29 is 35.6 Å². The Hall–Kier alpha value is -3.58. The van der Waals surface area contributed by atoms with Gasteiger partial charge in [-0.2, -0.15) is 26.3 Å². The molecule has 0 N–H and O–H groups in total. The molecule has 0 bridgehead atoms. The molecule has 32 heavy (non-hydrogen) atoms. The quantitative estimate of drug-likeness (QED) is 0.521. The molecule has 2 aromatic heterocycles. The van der Waals surface area contributed by atoms with Crippen molar-refractivity contribution >= 4 is 0 Å². The van der Waals surface area contributed by atoms with Gasteiger partial charge in [0, 0.05) is 19.5 Å². The fourth-order valence-corrected chi connectivity index (χ4v) is 2.71. The largest absolute Gasteiger partial charge is 0.484 e. The summed E-state index contributed by atoms with van der Waals surface area (Å²) >= 11 is 0. The van der Waals surface area contributed by atoms with Crippen LogP contribution in [0.1, 0.15) is 12.2 Å². The monoisotopic (exact) mass is 464 g/mol. The van der Waals surface area contributed by atoms with Gasteiger partial charge < -0.3 is 4.74 Å². The lowest BCUT2D eigenvalue weighted by molar-refractivity contribution is -0.153. The highest BCUT2D eigenvalue weighted by Crippen LogP contribution is 2.24. The van der Waals surface area contributed by atoms with Crippen LogP contribution in [0.25, 0.3) is 17.2 Å². The van der Waals surface area contributed by atoms with E-state index in [0.29, 0.717) is 0 Å². The van der Waals surface area contributed by atoms with Crippen LogP contribution >= 0.6 is 0 Å². The molecule has 0 saturated heterocycles. The van der Waals surface area contributed by atoms with Gasteiger partial charge in [0.15, 0.2) is 6.61 Å². The molecule has 0 amide bonds. The highest BCUT2D eigenvalue weighted by molar-refractivity contribution is 5.49. The fourth-order valence-electron chi connectivity index (χ4n) is 2.71. The van der Waals surface area contributed by atoms with Crippen LogP contribution in [0.5, 0.6) is 5.75 Å². The lowest BCUT2D eigenvalue weighted by Gasteiger charge is -2.15. The zero-order chi connectivity index (χ0) is 23.7. The van der Waals surface area contributed by atoms with Crippen LogP contribution in [0, 0.1) is 0 Å². The van der Waals surface area contributed by atoms with Crippen molar-refractivity contribution in [2.45, 2.75) is 25.2 Å². The minimum atomic E-state index is -4.55. The molecule has 0 unspecified atom stereocenters. The Bertz CT molecular complexity index is 1210. The Morgan fingerprint density at radius 1 is 1.03 bits per heavy atom. The molecule has 3 aromatic rings. The normalized spacial score (nSPS) is 12.2. The highest BCUT2D eigenvalue weighted by Gasteiger charge is 2.29. The standard InChI is InChI=1S/C18H14F6N4O4/c1-27-15(26-32-16(27)30)12-8-14(29)28(13(25-12)6-7-17(19,20)21)10-2-4-11(5-3-10)31-9-18(22,23)24/h2-5,8H,6-7,9H2,1H3. The number of ether oxygens (including phenoxy) is 1. The van der Waals surface area contributed by atoms with E-state index in [1.54, 1.807) is 0 Å². The van der Waals surface area contributed by atoms with E-state index in [2.05, 4.69) is 19.4 Å². The van der Waals surface area contributed by atoms with Gasteiger partial charge >= 0.3 is 18.1 Å². The summed E-state index contributed by atoms with van der Waals surface area (Å²) in [5, 5.41) is 3.47. The first-order chi connectivity index (χ1) is 14.8. The van der Waals surface area contributed by atoms with E-state index in [0.717, 1.165) is 27.3 Å². The minimum Gasteiger partial charge on any atom is -0.484 e. The number of halogens is 6. The van der Waals surface area contributed by atoms with Crippen molar-refractivity contribution in [1.29, 1.82) is 0 Å². The number of rotatable bonds is 6. The van der Waals surface area contributed by atoms with Crippen molar-refractivity contribution in [3.8, 4) is 23.0 Å². The van der Waals surface area contributed by atoms with E-state index in [-0.39, 0.29) is 28.8 Å². The molecule has 0 atom stereocenters. The number of hydrogen-bond donors (Lipinski definition) is 0. The van der Waals surface area contributed by atoms with Crippen LogP contribution in [0.15, 0.2) is 44.4 Å². The van der Waals surface area contributed by atoms with Crippen LogP contribution in [-0.2, 0) is 13.5 Å². The van der Waals surface area contributed by atoms with Crippen LogP contribution in [0.3, 0.4) is 0 Å². The molecule has 1 aromatic carbocycles. The number of hydrogen-bond acceptors (Lipinski definition) is 6. The SMILES string of the molecule is Cn1c(-c2cc(=O)n(-c3ccc(OCC(F)(F)F)cc3)c(CCC(F)(F)F)n2)noc1=O. The Kier molecular flexibility index (Phi) is 6.14. The van der Waals surface area contributed by atoms with Crippen molar-refractivity contribution in [2.24, 2.45) is 7.05 Å². The van der Waals surface area contributed by atoms with Crippen molar-refractivity contribution in [3.05, 3.63) is 57.1 Å². The number of aromatic nitrogens is 4. The van der Waals surface area contributed by atoms with Gasteiger partial charge in [-0.1, -0.05) is 5.16 Å². The second-order valence-electron chi connectivity index (χ2n) is 6.58. The number of benzene rings is 1. The molecule has 0 fully saturated rings.